The summed E-state index contributed by atoms with van der Waals surface area (Å²) >= 11 is 0. The molecule has 0 rings (SSSR count). The maximum atomic E-state index is 13.1. The molecule has 314 valence electrons. The Morgan fingerprint density at radius 2 is 1.04 bits per heavy atom. The molecule has 1 amide bonds. The van der Waals surface area contributed by atoms with Gasteiger partial charge in [0.1, 0.15) is 6.10 Å². The van der Waals surface area contributed by atoms with Crippen LogP contribution >= 0.6 is 0 Å². The number of carbonyl (C=O) groups is 2. The SMILES string of the molecule is CC/C=C/C=C/C=C\CCCCCCCC(=O)OC(CCCCC/C=C\CCCC)CC(=O)NC(CO)C(O)CCCCCCCCCCCCCCC. The predicted octanol–water partition coefficient (Wildman–Crippen LogP) is 13.1. The van der Waals surface area contributed by atoms with Gasteiger partial charge >= 0.3 is 5.97 Å². The van der Waals surface area contributed by atoms with Gasteiger partial charge in [0.05, 0.1) is 25.2 Å². The number of aliphatic hydroxyl groups excluding tert-OH is 2. The van der Waals surface area contributed by atoms with Gasteiger partial charge in [-0.05, 0) is 64.2 Å². The Kier molecular flexibility index (Phi) is 40.3. The molecule has 0 aromatic heterocycles. The summed E-state index contributed by atoms with van der Waals surface area (Å²) in [5.74, 6) is -0.517. The van der Waals surface area contributed by atoms with Crippen molar-refractivity contribution in [1.29, 1.82) is 0 Å². The summed E-state index contributed by atoms with van der Waals surface area (Å²) in [5.41, 5.74) is 0. The second kappa shape index (κ2) is 42.0. The Hall–Kier alpha value is -2.18. The lowest BCUT2D eigenvalue weighted by atomic mass is 10.0. The minimum atomic E-state index is -0.793. The van der Waals surface area contributed by atoms with Crippen LogP contribution in [0.2, 0.25) is 0 Å². The normalized spacial score (nSPS) is 13.8. The molecule has 0 spiro atoms. The number of allylic oxidation sites excluding steroid dienone is 8. The maximum Gasteiger partial charge on any atom is 0.306 e. The molecule has 0 bridgehead atoms. The molecule has 0 fully saturated rings. The van der Waals surface area contributed by atoms with Gasteiger partial charge in [-0.3, -0.25) is 9.59 Å². The molecule has 0 aromatic carbocycles. The van der Waals surface area contributed by atoms with Crippen molar-refractivity contribution in [2.24, 2.45) is 0 Å². The summed E-state index contributed by atoms with van der Waals surface area (Å²) in [6.07, 6.45) is 48.9. The van der Waals surface area contributed by atoms with Crippen molar-refractivity contribution in [2.75, 3.05) is 6.61 Å². The smallest absolute Gasteiger partial charge is 0.306 e. The van der Waals surface area contributed by atoms with E-state index in [1.807, 2.05) is 0 Å². The zero-order valence-electron chi connectivity index (χ0n) is 35.6. The first kappa shape index (κ1) is 51.8. The van der Waals surface area contributed by atoms with E-state index >= 15 is 0 Å². The lowest BCUT2D eigenvalue weighted by molar-refractivity contribution is -0.151. The van der Waals surface area contributed by atoms with Crippen molar-refractivity contribution in [3.63, 3.8) is 0 Å². The second-order valence-corrected chi connectivity index (χ2v) is 15.5. The molecule has 0 aliphatic heterocycles. The number of amides is 1. The largest absolute Gasteiger partial charge is 0.462 e. The highest BCUT2D eigenvalue weighted by molar-refractivity contribution is 5.77. The first-order valence-corrected chi connectivity index (χ1v) is 22.9. The van der Waals surface area contributed by atoms with Gasteiger partial charge in [0.15, 0.2) is 0 Å². The van der Waals surface area contributed by atoms with E-state index in [-0.39, 0.29) is 24.9 Å². The fourth-order valence-corrected chi connectivity index (χ4v) is 6.70. The van der Waals surface area contributed by atoms with Gasteiger partial charge in [0.2, 0.25) is 5.91 Å². The molecule has 3 N–H and O–H groups in total. The summed E-state index contributed by atoms with van der Waals surface area (Å²) < 4.78 is 5.87. The molecule has 6 heteroatoms. The number of ether oxygens (including phenoxy) is 1. The van der Waals surface area contributed by atoms with E-state index in [2.05, 4.69) is 74.7 Å². The monoisotopic (exact) mass is 758 g/mol. The zero-order chi connectivity index (χ0) is 39.6. The lowest BCUT2D eigenvalue weighted by Crippen LogP contribution is -2.46. The van der Waals surface area contributed by atoms with Crippen LogP contribution < -0.4 is 5.32 Å². The van der Waals surface area contributed by atoms with Crippen molar-refractivity contribution < 1.29 is 24.5 Å². The topological polar surface area (TPSA) is 95.9 Å². The van der Waals surface area contributed by atoms with Crippen LogP contribution in [0.4, 0.5) is 0 Å². The highest BCUT2D eigenvalue weighted by Crippen LogP contribution is 2.17. The Bertz CT molecular complexity index is 941. The van der Waals surface area contributed by atoms with Crippen LogP contribution in [0.15, 0.2) is 48.6 Å². The molecule has 0 saturated carbocycles. The van der Waals surface area contributed by atoms with Crippen molar-refractivity contribution in [3.8, 4) is 0 Å². The van der Waals surface area contributed by atoms with Crippen molar-refractivity contribution in [1.82, 2.24) is 5.32 Å². The lowest BCUT2D eigenvalue weighted by Gasteiger charge is -2.24. The minimum absolute atomic E-state index is 0.0578. The summed E-state index contributed by atoms with van der Waals surface area (Å²) in [5, 5.41) is 23.6. The molecule has 3 unspecified atom stereocenters. The molecule has 0 heterocycles. The Morgan fingerprint density at radius 1 is 0.556 bits per heavy atom. The number of hydrogen-bond donors (Lipinski definition) is 3. The van der Waals surface area contributed by atoms with Crippen LogP contribution in [0.25, 0.3) is 0 Å². The van der Waals surface area contributed by atoms with Crippen LogP contribution in [0.5, 0.6) is 0 Å². The fourth-order valence-electron chi connectivity index (χ4n) is 6.70. The Labute approximate surface area is 334 Å². The molecule has 0 radical (unpaired) electrons. The van der Waals surface area contributed by atoms with Crippen molar-refractivity contribution >= 4 is 11.9 Å². The minimum Gasteiger partial charge on any atom is -0.462 e. The fraction of sp³-hybridized carbons (Fsp3) is 0.792. The molecular weight excluding hydrogens is 671 g/mol. The van der Waals surface area contributed by atoms with E-state index in [0.29, 0.717) is 19.3 Å². The van der Waals surface area contributed by atoms with Crippen LogP contribution in [0.1, 0.15) is 220 Å². The Balaban J connectivity index is 4.55. The maximum absolute atomic E-state index is 13.1. The molecule has 6 nitrogen and oxygen atoms in total. The van der Waals surface area contributed by atoms with Crippen LogP contribution in [-0.2, 0) is 14.3 Å². The third kappa shape index (κ3) is 36.8. The zero-order valence-corrected chi connectivity index (χ0v) is 35.6. The van der Waals surface area contributed by atoms with E-state index in [9.17, 15) is 19.8 Å². The van der Waals surface area contributed by atoms with Crippen LogP contribution in [-0.4, -0.2) is 46.9 Å². The summed E-state index contributed by atoms with van der Waals surface area (Å²) in [4.78, 5) is 25.9. The highest BCUT2D eigenvalue weighted by Gasteiger charge is 2.24. The molecule has 0 aliphatic rings. The average Bonchev–Trinajstić information content (AvgIpc) is 3.16. The molecule has 3 atom stereocenters. The summed E-state index contributed by atoms with van der Waals surface area (Å²) in [6.45, 7) is 6.28. The van der Waals surface area contributed by atoms with E-state index in [1.165, 1.54) is 77.0 Å². The van der Waals surface area contributed by atoms with E-state index in [1.54, 1.807) is 0 Å². The first-order valence-electron chi connectivity index (χ1n) is 22.9. The van der Waals surface area contributed by atoms with Gasteiger partial charge in [-0.2, -0.15) is 0 Å². The molecule has 54 heavy (non-hydrogen) atoms. The number of hydrogen-bond acceptors (Lipinski definition) is 5. The van der Waals surface area contributed by atoms with Gasteiger partial charge in [-0.25, -0.2) is 0 Å². The Morgan fingerprint density at radius 3 is 1.63 bits per heavy atom. The highest BCUT2D eigenvalue weighted by atomic mass is 16.5. The van der Waals surface area contributed by atoms with Gasteiger partial charge in [0.25, 0.3) is 0 Å². The third-order valence-corrected chi connectivity index (χ3v) is 10.2. The predicted molar refractivity (Wildman–Crippen MR) is 232 cm³/mol. The van der Waals surface area contributed by atoms with Crippen LogP contribution in [0.3, 0.4) is 0 Å². The number of unbranched alkanes of at least 4 members (excludes halogenated alkanes) is 22. The van der Waals surface area contributed by atoms with Gasteiger partial charge in [-0.1, -0.05) is 191 Å². The molecule has 0 aliphatic carbocycles. The average molecular weight is 758 g/mol. The standard InChI is InChI=1S/C48H87NO5/c1-4-7-10-13-16-19-21-23-25-28-31-34-37-40-46(51)45(43-50)49-47(52)42-44(39-36-33-30-27-18-15-12-9-6-3)54-48(53)41-38-35-32-29-26-24-22-20-17-14-11-8-5-2/h8,11,14-15,17-18,20,22,44-46,50-51H,4-7,9-10,12-13,16,19,21,23-43H2,1-3H3,(H,49,52)/b11-8+,17-14+,18-15-,22-20-. The molecule has 0 saturated heterocycles. The van der Waals surface area contributed by atoms with E-state index in [0.717, 1.165) is 96.3 Å². The number of aliphatic hydroxyl groups is 2. The summed E-state index contributed by atoms with van der Waals surface area (Å²) in [6, 6.07) is -0.708. The van der Waals surface area contributed by atoms with Crippen molar-refractivity contribution in [3.05, 3.63) is 48.6 Å². The number of nitrogens with one attached hydrogen (secondary N) is 1. The van der Waals surface area contributed by atoms with Crippen LogP contribution in [0, 0.1) is 0 Å². The molecule has 0 aromatic rings. The third-order valence-electron chi connectivity index (χ3n) is 10.2. The number of carbonyl (C=O) groups excluding carboxylic acids is 2. The molecular formula is C48H87NO5. The van der Waals surface area contributed by atoms with Crippen molar-refractivity contribution in [2.45, 2.75) is 238 Å². The first-order chi connectivity index (χ1) is 26.5. The van der Waals surface area contributed by atoms with E-state index in [4.69, 9.17) is 4.74 Å². The van der Waals surface area contributed by atoms with Gasteiger partial charge in [0, 0.05) is 6.42 Å². The van der Waals surface area contributed by atoms with Gasteiger partial charge in [-0.15, -0.1) is 0 Å². The quantitative estimate of drug-likeness (QED) is 0.0250. The van der Waals surface area contributed by atoms with Gasteiger partial charge < -0.3 is 20.3 Å². The number of esters is 1. The van der Waals surface area contributed by atoms with E-state index < -0.39 is 18.2 Å². The number of rotatable bonds is 40. The summed E-state index contributed by atoms with van der Waals surface area (Å²) in [7, 11) is 0. The second-order valence-electron chi connectivity index (χ2n) is 15.5.